The van der Waals surface area contributed by atoms with Crippen LogP contribution in [0.25, 0.3) is 21.5 Å². The highest BCUT2D eigenvalue weighted by Gasteiger charge is 2.48. The normalized spacial score (nSPS) is 22.7. The molecule has 6 rings (SSSR count). The monoisotopic (exact) mass is 528 g/mol. The van der Waals surface area contributed by atoms with E-state index in [9.17, 15) is 9.59 Å². The molecule has 38 heavy (non-hydrogen) atoms. The third kappa shape index (κ3) is 4.41. The Bertz CT molecular complexity index is 1540. The average molecular weight is 529 g/mol. The Balaban J connectivity index is 1.28. The number of carbonyl (C=O) groups is 2. The van der Waals surface area contributed by atoms with E-state index in [0.717, 1.165) is 33.9 Å². The highest BCUT2D eigenvalue weighted by Crippen LogP contribution is 2.46. The van der Waals surface area contributed by atoms with Gasteiger partial charge in [-0.25, -0.2) is 9.97 Å². The summed E-state index contributed by atoms with van der Waals surface area (Å²) in [5.41, 5.74) is 4.34. The molecule has 3 heterocycles. The van der Waals surface area contributed by atoms with E-state index in [1.54, 1.807) is 30.4 Å². The Morgan fingerprint density at radius 1 is 1.11 bits per heavy atom. The summed E-state index contributed by atoms with van der Waals surface area (Å²) in [6.07, 6.45) is 2.17. The second-order valence-corrected chi connectivity index (χ2v) is 12.1. The number of oxazole rings is 1. The Morgan fingerprint density at radius 2 is 1.92 bits per heavy atom. The maximum absolute atomic E-state index is 14.1. The molecule has 0 spiro atoms. The summed E-state index contributed by atoms with van der Waals surface area (Å²) in [6, 6.07) is 13.5. The van der Waals surface area contributed by atoms with Crippen molar-refractivity contribution in [1.29, 1.82) is 0 Å². The van der Waals surface area contributed by atoms with Crippen LogP contribution in [-0.2, 0) is 0 Å². The van der Waals surface area contributed by atoms with Crippen LogP contribution in [0.3, 0.4) is 0 Å². The van der Waals surface area contributed by atoms with Crippen molar-refractivity contribution in [3.63, 3.8) is 0 Å². The van der Waals surface area contributed by atoms with Crippen molar-refractivity contribution < 1.29 is 14.0 Å². The standard InChI is InChI=1S/C30H32N4O3S/c1-16-7-5-8-20(11-16)28-27(33-19(4)38-28)30(36)34-15-21-12-17(2)13-23(21)24(34)14-31-29(35)22-9-6-10-25-26(22)32-18(3)37-25/h5-11,17,21,23-24H,12-15H2,1-4H3,(H,31,35)/t17?,21?,23-,24?/m0/s1. The molecular formula is C30H32N4O3S. The average Bonchev–Trinajstić information content (AvgIpc) is 3.63. The van der Waals surface area contributed by atoms with Gasteiger partial charge in [0.1, 0.15) is 11.2 Å². The zero-order valence-corrected chi connectivity index (χ0v) is 23.0. The van der Waals surface area contributed by atoms with Crippen LogP contribution in [0.5, 0.6) is 0 Å². The number of carbonyl (C=O) groups excluding carboxylic acids is 2. The molecule has 2 amide bonds. The topological polar surface area (TPSA) is 88.3 Å². The molecule has 7 nitrogen and oxygen atoms in total. The fraction of sp³-hybridized carbons (Fsp3) is 0.400. The first-order chi connectivity index (χ1) is 18.3. The molecule has 2 aromatic heterocycles. The lowest BCUT2D eigenvalue weighted by molar-refractivity contribution is 0.0692. The second kappa shape index (κ2) is 9.66. The van der Waals surface area contributed by atoms with E-state index < -0.39 is 0 Å². The number of aromatic nitrogens is 2. The Morgan fingerprint density at radius 3 is 2.74 bits per heavy atom. The van der Waals surface area contributed by atoms with E-state index in [1.165, 1.54) is 0 Å². The second-order valence-electron chi connectivity index (χ2n) is 10.9. The molecule has 4 atom stereocenters. The quantitative estimate of drug-likeness (QED) is 0.354. The highest BCUT2D eigenvalue weighted by atomic mass is 32.1. The van der Waals surface area contributed by atoms with Gasteiger partial charge in [-0.15, -0.1) is 11.3 Å². The zero-order chi connectivity index (χ0) is 26.6. The van der Waals surface area contributed by atoms with E-state index in [-0.39, 0.29) is 17.9 Å². The van der Waals surface area contributed by atoms with Gasteiger partial charge >= 0.3 is 0 Å². The summed E-state index contributed by atoms with van der Waals surface area (Å²) in [7, 11) is 0. The van der Waals surface area contributed by atoms with Crippen molar-refractivity contribution in [2.45, 2.75) is 46.6 Å². The summed E-state index contributed by atoms with van der Waals surface area (Å²) in [5, 5.41) is 4.01. The number of thiazole rings is 1. The van der Waals surface area contributed by atoms with Crippen LogP contribution in [0.2, 0.25) is 0 Å². The van der Waals surface area contributed by atoms with Crippen LogP contribution in [0, 0.1) is 38.5 Å². The number of nitrogens with zero attached hydrogens (tertiary/aromatic N) is 3. The van der Waals surface area contributed by atoms with Crippen LogP contribution in [0.1, 0.15) is 57.1 Å². The van der Waals surface area contributed by atoms with Gasteiger partial charge < -0.3 is 14.6 Å². The lowest BCUT2D eigenvalue weighted by Crippen LogP contribution is -2.46. The highest BCUT2D eigenvalue weighted by molar-refractivity contribution is 7.15. The molecular weight excluding hydrogens is 496 g/mol. The van der Waals surface area contributed by atoms with Gasteiger partial charge in [0.25, 0.3) is 11.8 Å². The van der Waals surface area contributed by atoms with Crippen LogP contribution in [0.15, 0.2) is 46.9 Å². The van der Waals surface area contributed by atoms with Crippen molar-refractivity contribution in [3.8, 4) is 10.4 Å². The number of likely N-dealkylation sites (tertiary alicyclic amines) is 1. The van der Waals surface area contributed by atoms with Gasteiger partial charge in [0.15, 0.2) is 11.5 Å². The lowest BCUT2D eigenvalue weighted by Gasteiger charge is -2.28. The van der Waals surface area contributed by atoms with Crippen molar-refractivity contribution in [2.75, 3.05) is 13.1 Å². The molecule has 4 aromatic rings. The Hall–Kier alpha value is -3.52. The molecule has 2 aliphatic rings. The minimum absolute atomic E-state index is 0.0404. The predicted octanol–water partition coefficient (Wildman–Crippen LogP) is 5.79. The van der Waals surface area contributed by atoms with Gasteiger partial charge in [-0.2, -0.15) is 0 Å². The first kappa shape index (κ1) is 24.8. The fourth-order valence-corrected chi connectivity index (χ4v) is 7.37. The number of hydrogen-bond acceptors (Lipinski definition) is 6. The van der Waals surface area contributed by atoms with E-state index in [2.05, 4.69) is 36.3 Å². The van der Waals surface area contributed by atoms with Gasteiger partial charge in [-0.1, -0.05) is 42.8 Å². The molecule has 2 fully saturated rings. The largest absolute Gasteiger partial charge is 0.441 e. The van der Waals surface area contributed by atoms with E-state index in [4.69, 9.17) is 9.40 Å². The van der Waals surface area contributed by atoms with Crippen molar-refractivity contribution >= 4 is 34.3 Å². The van der Waals surface area contributed by atoms with Crippen LogP contribution in [0.4, 0.5) is 0 Å². The summed E-state index contributed by atoms with van der Waals surface area (Å²) in [5.74, 6) is 1.72. The van der Waals surface area contributed by atoms with Crippen LogP contribution >= 0.6 is 11.3 Å². The molecule has 1 N–H and O–H groups in total. The number of para-hydroxylation sites is 1. The SMILES string of the molecule is Cc1cccc(-c2sc(C)nc2C(=O)N2CC3CC(C)C[C@@H]3C2CNC(=O)c2cccc3oc(C)nc23)c1. The third-order valence-electron chi connectivity index (χ3n) is 8.03. The maximum atomic E-state index is 14.1. The molecule has 0 radical (unpaired) electrons. The van der Waals surface area contributed by atoms with Gasteiger partial charge in [-0.3, -0.25) is 9.59 Å². The van der Waals surface area contributed by atoms with Gasteiger partial charge in [-0.05, 0) is 62.1 Å². The van der Waals surface area contributed by atoms with Gasteiger partial charge in [0, 0.05) is 20.0 Å². The number of amides is 2. The first-order valence-electron chi connectivity index (χ1n) is 13.3. The minimum atomic E-state index is -0.198. The van der Waals surface area contributed by atoms with E-state index >= 15 is 0 Å². The molecule has 0 bridgehead atoms. The number of nitrogens with one attached hydrogen (secondary N) is 1. The molecule has 8 heteroatoms. The van der Waals surface area contributed by atoms with Crippen LogP contribution < -0.4 is 5.32 Å². The lowest BCUT2D eigenvalue weighted by atomic mass is 9.93. The maximum Gasteiger partial charge on any atom is 0.274 e. The molecule has 1 saturated carbocycles. The number of aryl methyl sites for hydroxylation is 3. The Labute approximate surface area is 226 Å². The minimum Gasteiger partial charge on any atom is -0.441 e. The summed E-state index contributed by atoms with van der Waals surface area (Å²) in [6.45, 7) is 9.17. The summed E-state index contributed by atoms with van der Waals surface area (Å²) < 4.78 is 5.61. The van der Waals surface area contributed by atoms with Gasteiger partial charge in [0.05, 0.1) is 21.5 Å². The molecule has 1 aliphatic heterocycles. The van der Waals surface area contributed by atoms with Crippen molar-refractivity contribution in [2.24, 2.45) is 17.8 Å². The van der Waals surface area contributed by atoms with Crippen molar-refractivity contribution in [1.82, 2.24) is 20.2 Å². The first-order valence-corrected chi connectivity index (χ1v) is 14.1. The molecule has 2 aromatic carbocycles. The molecule has 196 valence electrons. The number of benzene rings is 2. The fourth-order valence-electron chi connectivity index (χ4n) is 6.47. The smallest absolute Gasteiger partial charge is 0.274 e. The number of rotatable bonds is 5. The Kier molecular flexibility index (Phi) is 6.30. The summed E-state index contributed by atoms with van der Waals surface area (Å²) in [4.78, 5) is 39.4. The summed E-state index contributed by atoms with van der Waals surface area (Å²) >= 11 is 1.56. The molecule has 1 aliphatic carbocycles. The van der Waals surface area contributed by atoms with E-state index in [0.29, 0.717) is 59.1 Å². The molecule has 3 unspecified atom stereocenters. The van der Waals surface area contributed by atoms with Crippen molar-refractivity contribution in [3.05, 3.63) is 70.2 Å². The zero-order valence-electron chi connectivity index (χ0n) is 22.2. The molecule has 1 saturated heterocycles. The third-order valence-corrected chi connectivity index (χ3v) is 9.05. The number of fused-ring (bicyclic) bond motifs is 2. The van der Waals surface area contributed by atoms with Crippen LogP contribution in [-0.4, -0.2) is 45.8 Å². The number of hydrogen-bond donors (Lipinski definition) is 1. The van der Waals surface area contributed by atoms with Gasteiger partial charge in [0.2, 0.25) is 0 Å². The predicted molar refractivity (Wildman–Crippen MR) is 148 cm³/mol. The van der Waals surface area contributed by atoms with E-state index in [1.807, 2.05) is 30.0 Å².